The summed E-state index contributed by atoms with van der Waals surface area (Å²) in [5, 5.41) is 3.21. The highest BCUT2D eigenvalue weighted by Gasteiger charge is 2.44. The Labute approximate surface area is 197 Å². The van der Waals surface area contributed by atoms with Crippen molar-refractivity contribution in [2.24, 2.45) is 5.92 Å². The van der Waals surface area contributed by atoms with Gasteiger partial charge in [0.25, 0.3) is 0 Å². The molecule has 8 heteroatoms. The number of anilines is 1. The van der Waals surface area contributed by atoms with Gasteiger partial charge in [-0.2, -0.15) is 0 Å². The Bertz CT molecular complexity index is 1060. The minimum absolute atomic E-state index is 0.0717. The van der Waals surface area contributed by atoms with Crippen LogP contribution in [0.25, 0.3) is 0 Å². The van der Waals surface area contributed by atoms with Crippen molar-refractivity contribution in [3.63, 3.8) is 0 Å². The summed E-state index contributed by atoms with van der Waals surface area (Å²) in [6.07, 6.45) is 9.70. The molecule has 1 aromatic carbocycles. The van der Waals surface area contributed by atoms with Crippen LogP contribution in [0.1, 0.15) is 6.92 Å². The number of nitrogens with zero attached hydrogens (tertiary/aromatic N) is 4. The van der Waals surface area contributed by atoms with Crippen molar-refractivity contribution in [3.05, 3.63) is 63.7 Å². The van der Waals surface area contributed by atoms with E-state index in [0.717, 1.165) is 56.9 Å². The topological polar surface area (TPSA) is 34.2 Å². The van der Waals surface area contributed by atoms with Gasteiger partial charge in [-0.1, -0.05) is 42.8 Å². The number of morpholine rings is 1. The molecule has 32 heavy (non-hydrogen) atoms. The van der Waals surface area contributed by atoms with Gasteiger partial charge in [0.2, 0.25) is 0 Å². The van der Waals surface area contributed by atoms with E-state index in [9.17, 15) is 0 Å². The molecule has 0 saturated carbocycles. The Morgan fingerprint density at radius 3 is 2.84 bits per heavy atom. The van der Waals surface area contributed by atoms with Gasteiger partial charge in [-0.05, 0) is 24.0 Å². The second kappa shape index (κ2) is 8.40. The molecule has 3 unspecified atom stereocenters. The lowest BCUT2D eigenvalue weighted by Gasteiger charge is -2.36. The number of fused-ring (bicyclic) bond motifs is 4. The molecule has 1 N–H and O–H groups in total. The predicted octanol–water partition coefficient (Wildman–Crippen LogP) is 3.24. The van der Waals surface area contributed by atoms with Gasteiger partial charge in [-0.25, -0.2) is 15.3 Å². The Morgan fingerprint density at radius 2 is 2.03 bits per heavy atom. The zero-order chi connectivity index (χ0) is 21.8. The summed E-state index contributed by atoms with van der Waals surface area (Å²) >= 11 is 6.69. The Hall–Kier alpha value is -1.45. The lowest BCUT2D eigenvalue weighted by Crippen LogP contribution is -2.53. The molecule has 0 aromatic heterocycles. The third-order valence-electron chi connectivity index (χ3n) is 7.08. The van der Waals surface area contributed by atoms with E-state index in [-0.39, 0.29) is 16.6 Å². The van der Waals surface area contributed by atoms with Gasteiger partial charge in [0.15, 0.2) is 0 Å². The number of ether oxygens (including phenoxy) is 1. The van der Waals surface area contributed by atoms with Crippen LogP contribution >= 0.6 is 22.1 Å². The first-order valence-electron chi connectivity index (χ1n) is 11.4. The van der Waals surface area contributed by atoms with E-state index >= 15 is 0 Å². The second-order valence-electron chi connectivity index (χ2n) is 9.00. The summed E-state index contributed by atoms with van der Waals surface area (Å²) in [5.41, 5.74) is 7.67. The average Bonchev–Trinajstić information content (AvgIpc) is 3.41. The number of para-hydroxylation sites is 1. The Morgan fingerprint density at radius 1 is 1.22 bits per heavy atom. The number of rotatable bonds is 3. The van der Waals surface area contributed by atoms with E-state index < -0.39 is 0 Å². The van der Waals surface area contributed by atoms with Gasteiger partial charge >= 0.3 is 0 Å². The van der Waals surface area contributed by atoms with Gasteiger partial charge < -0.3 is 9.64 Å². The highest BCUT2D eigenvalue weighted by molar-refractivity contribution is 8.19. The second-order valence-corrected chi connectivity index (χ2v) is 11.3. The highest BCUT2D eigenvalue weighted by atomic mass is 35.5. The fourth-order valence-corrected chi connectivity index (χ4v) is 7.81. The Balaban J connectivity index is 1.41. The summed E-state index contributed by atoms with van der Waals surface area (Å²) in [5.74, 6) is 0.452. The maximum atomic E-state index is 6.69. The van der Waals surface area contributed by atoms with Crippen LogP contribution in [0.4, 0.5) is 5.69 Å². The van der Waals surface area contributed by atoms with Crippen molar-refractivity contribution in [2.75, 3.05) is 57.3 Å². The number of hydrogen-bond donors (Lipinski definition) is 1. The monoisotopic (exact) mass is 471 g/mol. The SMILES string of the molecule is CC1C=CC2=C1C1=CN(c3ccccc3Cl)CC3N(CN4CCOCC4)NCN3C1=S2C. The van der Waals surface area contributed by atoms with Crippen molar-refractivity contribution in [2.45, 2.75) is 13.1 Å². The first-order chi connectivity index (χ1) is 15.6. The minimum Gasteiger partial charge on any atom is -0.379 e. The number of halogens is 1. The van der Waals surface area contributed by atoms with Crippen LogP contribution in [0.3, 0.4) is 0 Å². The van der Waals surface area contributed by atoms with Crippen LogP contribution < -0.4 is 10.3 Å². The molecule has 170 valence electrons. The molecule has 4 heterocycles. The largest absolute Gasteiger partial charge is 0.379 e. The van der Waals surface area contributed by atoms with Crippen molar-refractivity contribution in [1.29, 1.82) is 0 Å². The number of allylic oxidation sites excluding steroid dienone is 2. The fourth-order valence-electron chi connectivity index (χ4n) is 5.42. The zero-order valence-electron chi connectivity index (χ0n) is 18.6. The minimum atomic E-state index is 0.0717. The van der Waals surface area contributed by atoms with Crippen LogP contribution in [0.15, 0.2) is 58.7 Å². The lowest BCUT2D eigenvalue weighted by atomic mass is 9.97. The molecule has 0 radical (unpaired) electrons. The molecular weight excluding hydrogens is 442 g/mol. The van der Waals surface area contributed by atoms with E-state index in [2.05, 4.69) is 68.8 Å². The average molecular weight is 472 g/mol. The van der Waals surface area contributed by atoms with E-state index in [4.69, 9.17) is 16.3 Å². The van der Waals surface area contributed by atoms with Gasteiger partial charge in [-0.3, -0.25) is 4.90 Å². The number of hydrogen-bond acceptors (Lipinski definition) is 6. The smallest absolute Gasteiger partial charge is 0.101 e. The predicted molar refractivity (Wildman–Crippen MR) is 133 cm³/mol. The summed E-state index contributed by atoms with van der Waals surface area (Å²) in [6, 6.07) is 8.21. The standard InChI is InChI=1S/C24H30ClN5OS/c1-17-7-8-21-23(17)18-13-28(20-6-4-3-5-19(20)25)14-22-29(24(18)32(21)2)15-26-30(22)16-27-9-11-31-12-10-27/h3-8,13,17,22,26H,9-12,14-16H2,1-2H3. The summed E-state index contributed by atoms with van der Waals surface area (Å²) in [6.45, 7) is 8.50. The van der Waals surface area contributed by atoms with Crippen LogP contribution in [-0.2, 0) is 4.74 Å². The summed E-state index contributed by atoms with van der Waals surface area (Å²) in [7, 11) is 0.0717. The molecular formula is C24H30ClN5OS. The van der Waals surface area contributed by atoms with Gasteiger partial charge in [0, 0.05) is 35.7 Å². The van der Waals surface area contributed by atoms with E-state index in [0.29, 0.717) is 5.92 Å². The molecule has 0 spiro atoms. The molecule has 5 aliphatic rings. The van der Waals surface area contributed by atoms with Gasteiger partial charge in [0.1, 0.15) is 6.17 Å². The van der Waals surface area contributed by atoms with Crippen LogP contribution in [0, 0.1) is 5.92 Å². The molecule has 1 aliphatic carbocycles. The van der Waals surface area contributed by atoms with Crippen LogP contribution in [-0.4, -0.2) is 78.4 Å². The summed E-state index contributed by atoms with van der Waals surface area (Å²) < 4.78 is 5.56. The third kappa shape index (κ3) is 3.42. The molecule has 4 aliphatic heterocycles. The molecule has 2 fully saturated rings. The van der Waals surface area contributed by atoms with Crippen molar-refractivity contribution >= 4 is 32.8 Å². The first kappa shape index (κ1) is 21.1. The molecule has 1 aromatic rings. The Kier molecular flexibility index (Phi) is 5.54. The van der Waals surface area contributed by atoms with Crippen LogP contribution in [0.2, 0.25) is 5.02 Å². The van der Waals surface area contributed by atoms with Crippen molar-refractivity contribution in [3.8, 4) is 0 Å². The molecule has 2 saturated heterocycles. The number of hydrazine groups is 1. The molecule has 0 amide bonds. The van der Waals surface area contributed by atoms with E-state index in [1.807, 2.05) is 12.1 Å². The summed E-state index contributed by atoms with van der Waals surface area (Å²) in [4.78, 5) is 10.4. The first-order valence-corrected chi connectivity index (χ1v) is 13.4. The zero-order valence-corrected chi connectivity index (χ0v) is 20.2. The number of nitrogens with one attached hydrogen (secondary N) is 1. The van der Waals surface area contributed by atoms with E-state index in [1.54, 1.807) is 0 Å². The lowest BCUT2D eigenvalue weighted by molar-refractivity contribution is -0.00789. The van der Waals surface area contributed by atoms with E-state index in [1.165, 1.54) is 21.0 Å². The maximum absolute atomic E-state index is 6.69. The quantitative estimate of drug-likeness (QED) is 0.682. The highest BCUT2D eigenvalue weighted by Crippen LogP contribution is 2.49. The number of benzene rings is 1. The van der Waals surface area contributed by atoms with Gasteiger partial charge in [-0.15, -0.1) is 10.5 Å². The van der Waals surface area contributed by atoms with Crippen molar-refractivity contribution in [1.82, 2.24) is 20.2 Å². The molecule has 6 rings (SSSR count). The molecule has 6 nitrogen and oxygen atoms in total. The maximum Gasteiger partial charge on any atom is 0.101 e. The molecule has 0 bridgehead atoms. The van der Waals surface area contributed by atoms with Gasteiger partial charge in [0.05, 0.1) is 48.8 Å². The van der Waals surface area contributed by atoms with Crippen molar-refractivity contribution < 1.29 is 4.74 Å². The molecule has 3 atom stereocenters. The normalized spacial score (nSPS) is 31.1. The van der Waals surface area contributed by atoms with Crippen LogP contribution in [0.5, 0.6) is 0 Å². The fraction of sp³-hybridized carbons (Fsp3) is 0.458. The third-order valence-corrected chi connectivity index (χ3v) is 9.45.